The Balaban J connectivity index is 1.99. The van der Waals surface area contributed by atoms with E-state index in [4.69, 9.17) is 9.47 Å². The van der Waals surface area contributed by atoms with Crippen LogP contribution in [0.2, 0.25) is 0 Å². The van der Waals surface area contributed by atoms with Crippen molar-refractivity contribution in [1.29, 1.82) is 0 Å². The molecule has 5 heteroatoms. The van der Waals surface area contributed by atoms with E-state index in [1.165, 1.54) is 17.1 Å². The highest BCUT2D eigenvalue weighted by Crippen LogP contribution is 2.41. The molecule has 1 aromatic rings. The van der Waals surface area contributed by atoms with Crippen LogP contribution in [0.1, 0.15) is 44.9 Å². The minimum absolute atomic E-state index is 0.0129. The molecule has 0 unspecified atom stereocenters. The normalized spacial score (nSPS) is 22.8. The zero-order valence-corrected chi connectivity index (χ0v) is 14.5. The number of rotatable bonds is 5. The first-order chi connectivity index (χ1) is 11.4. The lowest BCUT2D eigenvalue weighted by atomic mass is 10.1. The summed E-state index contributed by atoms with van der Waals surface area (Å²) < 4.78 is 11.8. The summed E-state index contributed by atoms with van der Waals surface area (Å²) >= 11 is 0. The third-order valence-corrected chi connectivity index (χ3v) is 4.15. The Kier molecular flexibility index (Phi) is 4.45. The average Bonchev–Trinajstić information content (AvgIpc) is 2.97. The molecule has 0 radical (unpaired) electrons. The van der Waals surface area contributed by atoms with Gasteiger partial charge in [-0.25, -0.2) is 0 Å². The molecule has 24 heavy (non-hydrogen) atoms. The number of imide groups is 1. The fourth-order valence-corrected chi connectivity index (χ4v) is 3.37. The van der Waals surface area contributed by atoms with E-state index >= 15 is 0 Å². The van der Waals surface area contributed by atoms with Crippen molar-refractivity contribution < 1.29 is 19.1 Å². The first-order valence-corrected chi connectivity index (χ1v) is 8.37. The summed E-state index contributed by atoms with van der Waals surface area (Å²) in [7, 11) is 0. The lowest BCUT2D eigenvalue weighted by Crippen LogP contribution is -2.40. The standard InChI is InChI=1S/C19H23NO4/c1-11(2)23-14-6-5-13-9-16(24-12(3)4)19(15(13)10-14)20-17(21)7-8-18(20)22/h5-8,10-12,16,19H,9H2,1-4H3/t16-,19-/m0/s1. The molecule has 3 rings (SSSR count). The van der Waals surface area contributed by atoms with Gasteiger partial charge in [0.2, 0.25) is 0 Å². The van der Waals surface area contributed by atoms with Gasteiger partial charge in [-0.3, -0.25) is 14.5 Å². The Morgan fingerprint density at radius 3 is 2.29 bits per heavy atom. The predicted octanol–water partition coefficient (Wildman–Crippen LogP) is 2.79. The molecule has 0 fully saturated rings. The summed E-state index contributed by atoms with van der Waals surface area (Å²) in [5, 5.41) is 0. The highest BCUT2D eigenvalue weighted by Gasteiger charge is 2.43. The van der Waals surface area contributed by atoms with Crippen LogP contribution in [-0.2, 0) is 20.7 Å². The number of carbonyl (C=O) groups is 2. The van der Waals surface area contributed by atoms with Crippen molar-refractivity contribution in [3.8, 4) is 5.75 Å². The maximum atomic E-state index is 12.2. The Morgan fingerprint density at radius 1 is 1.04 bits per heavy atom. The first-order valence-electron chi connectivity index (χ1n) is 8.37. The van der Waals surface area contributed by atoms with Crippen LogP contribution in [0, 0.1) is 0 Å². The predicted molar refractivity (Wildman–Crippen MR) is 89.7 cm³/mol. The number of hydrogen-bond acceptors (Lipinski definition) is 4. The average molecular weight is 329 g/mol. The summed E-state index contributed by atoms with van der Waals surface area (Å²) in [5.74, 6) is 0.168. The Bertz CT molecular complexity index is 675. The van der Waals surface area contributed by atoms with Crippen molar-refractivity contribution >= 4 is 11.8 Å². The van der Waals surface area contributed by atoms with Gasteiger partial charge in [-0.05, 0) is 51.0 Å². The van der Waals surface area contributed by atoms with Crippen molar-refractivity contribution in [3.63, 3.8) is 0 Å². The van der Waals surface area contributed by atoms with E-state index in [9.17, 15) is 9.59 Å². The molecule has 1 aromatic carbocycles. The van der Waals surface area contributed by atoms with Gasteiger partial charge in [-0.1, -0.05) is 6.07 Å². The van der Waals surface area contributed by atoms with E-state index in [-0.39, 0.29) is 30.1 Å². The molecule has 1 heterocycles. The van der Waals surface area contributed by atoms with Gasteiger partial charge in [-0.2, -0.15) is 0 Å². The van der Waals surface area contributed by atoms with Crippen LogP contribution in [0.15, 0.2) is 30.4 Å². The van der Waals surface area contributed by atoms with Crippen LogP contribution >= 0.6 is 0 Å². The van der Waals surface area contributed by atoms with Crippen LogP contribution < -0.4 is 4.74 Å². The second-order valence-corrected chi connectivity index (χ2v) is 6.78. The number of benzene rings is 1. The Hall–Kier alpha value is -2.14. The third kappa shape index (κ3) is 3.08. The molecular weight excluding hydrogens is 306 g/mol. The van der Waals surface area contributed by atoms with Gasteiger partial charge in [0.25, 0.3) is 11.8 Å². The maximum absolute atomic E-state index is 12.2. The molecule has 2 amide bonds. The van der Waals surface area contributed by atoms with E-state index in [1.54, 1.807) is 0 Å². The molecule has 128 valence electrons. The molecule has 2 atom stereocenters. The summed E-state index contributed by atoms with van der Waals surface area (Å²) in [4.78, 5) is 25.7. The molecule has 1 aliphatic carbocycles. The van der Waals surface area contributed by atoms with Gasteiger partial charge in [0.15, 0.2) is 0 Å². The zero-order valence-electron chi connectivity index (χ0n) is 14.5. The van der Waals surface area contributed by atoms with Gasteiger partial charge < -0.3 is 9.47 Å². The quantitative estimate of drug-likeness (QED) is 0.780. The molecule has 0 bridgehead atoms. The van der Waals surface area contributed by atoms with E-state index in [1.807, 2.05) is 45.9 Å². The van der Waals surface area contributed by atoms with E-state index < -0.39 is 6.04 Å². The Labute approximate surface area is 142 Å². The molecule has 1 aliphatic heterocycles. The third-order valence-electron chi connectivity index (χ3n) is 4.15. The summed E-state index contributed by atoms with van der Waals surface area (Å²) in [6.45, 7) is 7.85. The zero-order chi connectivity index (χ0) is 17.4. The lowest BCUT2D eigenvalue weighted by Gasteiger charge is -2.30. The SMILES string of the molecule is CC(C)Oc1ccc2c(c1)[C@H](N1C(=O)C=CC1=O)[C@@H](OC(C)C)C2. The molecule has 0 spiro atoms. The molecule has 0 aromatic heterocycles. The lowest BCUT2D eigenvalue weighted by molar-refractivity contribution is -0.144. The summed E-state index contributed by atoms with van der Waals surface area (Å²) in [6.07, 6.45) is 3.16. The molecule has 0 saturated carbocycles. The van der Waals surface area contributed by atoms with Crippen LogP contribution in [0.3, 0.4) is 0 Å². The van der Waals surface area contributed by atoms with Crippen LogP contribution in [0.4, 0.5) is 0 Å². The molecule has 0 N–H and O–H groups in total. The summed E-state index contributed by atoms with van der Waals surface area (Å²) in [5.41, 5.74) is 2.03. The maximum Gasteiger partial charge on any atom is 0.254 e. The van der Waals surface area contributed by atoms with Gasteiger partial charge in [0.1, 0.15) is 5.75 Å². The van der Waals surface area contributed by atoms with E-state index in [0.717, 1.165) is 16.9 Å². The second-order valence-electron chi connectivity index (χ2n) is 6.78. The molecule has 0 saturated heterocycles. The largest absolute Gasteiger partial charge is 0.491 e. The number of nitrogens with zero attached hydrogens (tertiary/aromatic N) is 1. The second kappa shape index (κ2) is 6.40. The number of ether oxygens (including phenoxy) is 2. The summed E-state index contributed by atoms with van der Waals surface area (Å²) in [6, 6.07) is 5.46. The minimum Gasteiger partial charge on any atom is -0.491 e. The highest BCUT2D eigenvalue weighted by atomic mass is 16.5. The van der Waals surface area contributed by atoms with Crippen LogP contribution in [0.25, 0.3) is 0 Å². The first kappa shape index (κ1) is 16.7. The van der Waals surface area contributed by atoms with Crippen molar-refractivity contribution in [2.75, 3.05) is 0 Å². The number of amides is 2. The van der Waals surface area contributed by atoms with Gasteiger partial charge in [0.05, 0.1) is 24.4 Å². The van der Waals surface area contributed by atoms with Crippen molar-refractivity contribution in [3.05, 3.63) is 41.5 Å². The molecular formula is C19H23NO4. The van der Waals surface area contributed by atoms with E-state index in [0.29, 0.717) is 6.42 Å². The van der Waals surface area contributed by atoms with Gasteiger partial charge >= 0.3 is 0 Å². The molecule has 2 aliphatic rings. The van der Waals surface area contributed by atoms with E-state index in [2.05, 4.69) is 0 Å². The Morgan fingerprint density at radius 2 is 1.71 bits per heavy atom. The fraction of sp³-hybridized carbons (Fsp3) is 0.474. The van der Waals surface area contributed by atoms with Crippen LogP contribution in [0.5, 0.6) is 5.75 Å². The number of hydrogen-bond donors (Lipinski definition) is 0. The van der Waals surface area contributed by atoms with Gasteiger partial charge in [-0.15, -0.1) is 0 Å². The van der Waals surface area contributed by atoms with Crippen molar-refractivity contribution in [2.24, 2.45) is 0 Å². The number of fused-ring (bicyclic) bond motifs is 1. The van der Waals surface area contributed by atoms with Crippen LogP contribution in [-0.4, -0.2) is 35.0 Å². The minimum atomic E-state index is -0.409. The topological polar surface area (TPSA) is 55.8 Å². The smallest absolute Gasteiger partial charge is 0.254 e. The molecule has 5 nitrogen and oxygen atoms in total. The van der Waals surface area contributed by atoms with Crippen molar-refractivity contribution in [1.82, 2.24) is 4.90 Å². The highest BCUT2D eigenvalue weighted by molar-refractivity contribution is 6.13. The van der Waals surface area contributed by atoms with Crippen molar-refractivity contribution in [2.45, 2.75) is 58.5 Å². The monoisotopic (exact) mass is 329 g/mol. The van der Waals surface area contributed by atoms with Gasteiger partial charge in [0, 0.05) is 18.6 Å². The fourth-order valence-electron chi connectivity index (χ4n) is 3.37. The number of carbonyl (C=O) groups excluding carboxylic acids is 2.